The number of amides is 2. The van der Waals surface area contributed by atoms with Crippen LogP contribution in [0.1, 0.15) is 29.5 Å². The fraction of sp³-hybridized carbons (Fsp3) is 0.211. The molecule has 0 radical (unpaired) electrons. The Morgan fingerprint density at radius 3 is 2.59 bits per heavy atom. The molecule has 0 fully saturated rings. The predicted molar refractivity (Wildman–Crippen MR) is 103 cm³/mol. The minimum atomic E-state index is -0.509. The number of rotatable bonds is 7. The van der Waals surface area contributed by atoms with Gasteiger partial charge >= 0.3 is 0 Å². The van der Waals surface area contributed by atoms with Crippen molar-refractivity contribution in [3.63, 3.8) is 0 Å². The standard InChI is InChI=1S/C19H20N4O4/c1-13-6-7-14(2)17(10-13)21-18(24)8-9-19(25)22-20-12-15-4-3-5-16(11-15)23(26)27/h3-7,10-12H,8-9H2,1-2H3,(H,21,24)(H,22,25)/b20-12+. The lowest BCUT2D eigenvalue weighted by molar-refractivity contribution is -0.384. The van der Waals surface area contributed by atoms with Crippen LogP contribution in [0.3, 0.4) is 0 Å². The van der Waals surface area contributed by atoms with Crippen molar-refractivity contribution in [1.82, 2.24) is 5.43 Å². The molecule has 8 heteroatoms. The highest BCUT2D eigenvalue weighted by Crippen LogP contribution is 2.16. The molecule has 0 aliphatic heterocycles. The second-order valence-corrected chi connectivity index (χ2v) is 6.01. The fourth-order valence-corrected chi connectivity index (χ4v) is 2.26. The topological polar surface area (TPSA) is 114 Å². The summed E-state index contributed by atoms with van der Waals surface area (Å²) in [5.41, 5.74) is 5.42. The van der Waals surface area contributed by atoms with Crippen LogP contribution in [-0.2, 0) is 9.59 Å². The minimum absolute atomic E-state index is 0.0194. The molecular formula is C19H20N4O4. The minimum Gasteiger partial charge on any atom is -0.326 e. The molecule has 0 unspecified atom stereocenters. The zero-order valence-electron chi connectivity index (χ0n) is 15.1. The molecule has 2 aromatic carbocycles. The highest BCUT2D eigenvalue weighted by molar-refractivity contribution is 5.94. The van der Waals surface area contributed by atoms with Crippen LogP contribution in [-0.4, -0.2) is 23.0 Å². The third-order valence-electron chi connectivity index (χ3n) is 3.73. The smallest absolute Gasteiger partial charge is 0.270 e. The lowest BCUT2D eigenvalue weighted by atomic mass is 10.1. The quantitative estimate of drug-likeness (QED) is 0.444. The van der Waals surface area contributed by atoms with Gasteiger partial charge in [0.1, 0.15) is 0 Å². The predicted octanol–water partition coefficient (Wildman–Crippen LogP) is 3.08. The molecule has 2 amide bonds. The van der Waals surface area contributed by atoms with E-state index in [1.165, 1.54) is 24.4 Å². The number of hydrazone groups is 1. The molecule has 0 spiro atoms. The van der Waals surface area contributed by atoms with Crippen LogP contribution in [0.2, 0.25) is 0 Å². The van der Waals surface area contributed by atoms with Crippen LogP contribution >= 0.6 is 0 Å². The van der Waals surface area contributed by atoms with Crippen molar-refractivity contribution in [3.8, 4) is 0 Å². The van der Waals surface area contributed by atoms with Crippen molar-refractivity contribution in [2.45, 2.75) is 26.7 Å². The van der Waals surface area contributed by atoms with Gasteiger partial charge in [0.25, 0.3) is 5.69 Å². The number of hydrogen-bond acceptors (Lipinski definition) is 5. The van der Waals surface area contributed by atoms with E-state index < -0.39 is 10.8 Å². The second-order valence-electron chi connectivity index (χ2n) is 6.01. The number of anilines is 1. The second kappa shape index (κ2) is 9.23. The number of nitrogens with one attached hydrogen (secondary N) is 2. The monoisotopic (exact) mass is 368 g/mol. The van der Waals surface area contributed by atoms with Crippen LogP contribution in [0.25, 0.3) is 0 Å². The van der Waals surface area contributed by atoms with Gasteiger partial charge in [-0.3, -0.25) is 19.7 Å². The molecule has 0 atom stereocenters. The van der Waals surface area contributed by atoms with E-state index in [2.05, 4.69) is 15.8 Å². The first-order chi connectivity index (χ1) is 12.8. The van der Waals surface area contributed by atoms with Crippen molar-refractivity contribution in [1.29, 1.82) is 0 Å². The Kier molecular flexibility index (Phi) is 6.76. The highest BCUT2D eigenvalue weighted by atomic mass is 16.6. The van der Waals surface area contributed by atoms with Gasteiger partial charge in [0.2, 0.25) is 11.8 Å². The molecule has 0 aromatic heterocycles. The first-order valence-electron chi connectivity index (χ1n) is 8.28. The van der Waals surface area contributed by atoms with Gasteiger partial charge in [-0.25, -0.2) is 5.43 Å². The summed E-state index contributed by atoms with van der Waals surface area (Å²) in [6.45, 7) is 3.83. The molecule has 2 rings (SSSR count). The molecule has 0 saturated carbocycles. The third kappa shape index (κ3) is 6.35. The van der Waals surface area contributed by atoms with E-state index in [0.717, 1.165) is 16.8 Å². The Morgan fingerprint density at radius 2 is 1.85 bits per heavy atom. The van der Waals surface area contributed by atoms with Crippen molar-refractivity contribution in [3.05, 3.63) is 69.3 Å². The number of nitro benzene ring substituents is 1. The van der Waals surface area contributed by atoms with Gasteiger partial charge in [0, 0.05) is 36.2 Å². The average Bonchev–Trinajstić information content (AvgIpc) is 2.63. The lowest BCUT2D eigenvalue weighted by Crippen LogP contribution is -2.20. The van der Waals surface area contributed by atoms with Crippen molar-refractivity contribution in [2.75, 3.05) is 5.32 Å². The number of carbonyl (C=O) groups is 2. The molecule has 27 heavy (non-hydrogen) atoms. The summed E-state index contributed by atoms with van der Waals surface area (Å²) in [6, 6.07) is 11.6. The number of aryl methyl sites for hydroxylation is 2. The van der Waals surface area contributed by atoms with E-state index in [1.54, 1.807) is 6.07 Å². The maximum Gasteiger partial charge on any atom is 0.270 e. The van der Waals surface area contributed by atoms with Gasteiger partial charge in [-0.1, -0.05) is 24.3 Å². The molecule has 0 aliphatic carbocycles. The van der Waals surface area contributed by atoms with Crippen LogP contribution in [0, 0.1) is 24.0 Å². The van der Waals surface area contributed by atoms with E-state index >= 15 is 0 Å². The maximum absolute atomic E-state index is 12.0. The summed E-state index contributed by atoms with van der Waals surface area (Å²) in [5, 5.41) is 17.2. The normalized spacial score (nSPS) is 10.6. The first-order valence-corrected chi connectivity index (χ1v) is 8.28. The van der Waals surface area contributed by atoms with Gasteiger partial charge in [-0.05, 0) is 31.0 Å². The number of non-ortho nitro benzene ring substituents is 1. The Hall–Kier alpha value is -3.55. The third-order valence-corrected chi connectivity index (χ3v) is 3.73. The summed E-state index contributed by atoms with van der Waals surface area (Å²) < 4.78 is 0. The van der Waals surface area contributed by atoms with Crippen molar-refractivity contribution < 1.29 is 14.5 Å². The molecule has 0 bridgehead atoms. The van der Waals surface area contributed by atoms with Gasteiger partial charge < -0.3 is 5.32 Å². The molecular weight excluding hydrogens is 348 g/mol. The van der Waals surface area contributed by atoms with Gasteiger partial charge in [0.05, 0.1) is 11.1 Å². The van der Waals surface area contributed by atoms with Crippen LogP contribution in [0.4, 0.5) is 11.4 Å². The lowest BCUT2D eigenvalue weighted by Gasteiger charge is -2.09. The number of carbonyl (C=O) groups excluding carboxylic acids is 2. The summed E-state index contributed by atoms with van der Waals surface area (Å²) in [6.07, 6.45) is 1.30. The zero-order valence-corrected chi connectivity index (χ0v) is 15.1. The molecule has 8 nitrogen and oxygen atoms in total. The Bertz CT molecular complexity index is 893. The number of benzene rings is 2. The van der Waals surface area contributed by atoms with E-state index in [1.807, 2.05) is 32.0 Å². The maximum atomic E-state index is 12.0. The summed E-state index contributed by atoms with van der Waals surface area (Å²) in [5.74, 6) is -0.686. The number of nitro groups is 1. The van der Waals surface area contributed by atoms with Crippen LogP contribution in [0.5, 0.6) is 0 Å². The van der Waals surface area contributed by atoms with E-state index in [9.17, 15) is 19.7 Å². The number of hydrogen-bond donors (Lipinski definition) is 2. The van der Waals surface area contributed by atoms with Gasteiger partial charge in [-0.15, -0.1) is 0 Å². The molecule has 2 N–H and O–H groups in total. The molecule has 0 aliphatic rings. The van der Waals surface area contributed by atoms with Crippen LogP contribution in [0.15, 0.2) is 47.6 Å². The molecule has 2 aromatic rings. The van der Waals surface area contributed by atoms with Crippen molar-refractivity contribution in [2.24, 2.45) is 5.10 Å². The summed E-state index contributed by atoms with van der Waals surface area (Å²) >= 11 is 0. The molecule has 140 valence electrons. The Labute approximate surface area is 156 Å². The fourth-order valence-electron chi connectivity index (χ4n) is 2.26. The van der Waals surface area contributed by atoms with E-state index in [0.29, 0.717) is 5.56 Å². The van der Waals surface area contributed by atoms with E-state index in [-0.39, 0.29) is 24.4 Å². The molecule has 0 heterocycles. The summed E-state index contributed by atoms with van der Waals surface area (Å²) in [4.78, 5) is 34.0. The van der Waals surface area contributed by atoms with Gasteiger partial charge in [-0.2, -0.15) is 5.10 Å². The Morgan fingerprint density at radius 1 is 1.11 bits per heavy atom. The molecule has 0 saturated heterocycles. The Balaban J connectivity index is 1.80. The largest absolute Gasteiger partial charge is 0.326 e. The SMILES string of the molecule is Cc1ccc(C)c(NC(=O)CCC(=O)N/N=C/c2cccc([N+](=O)[O-])c2)c1. The first kappa shape index (κ1) is 19.8. The highest BCUT2D eigenvalue weighted by Gasteiger charge is 2.08. The van der Waals surface area contributed by atoms with Crippen LogP contribution < -0.4 is 10.7 Å². The summed E-state index contributed by atoms with van der Waals surface area (Å²) in [7, 11) is 0. The average molecular weight is 368 g/mol. The van der Waals surface area contributed by atoms with Gasteiger partial charge in [0.15, 0.2) is 0 Å². The number of nitrogens with zero attached hydrogens (tertiary/aromatic N) is 2. The zero-order chi connectivity index (χ0) is 19.8. The van der Waals surface area contributed by atoms with E-state index in [4.69, 9.17) is 0 Å². The van der Waals surface area contributed by atoms with Crippen molar-refractivity contribution >= 4 is 29.4 Å².